The van der Waals surface area contributed by atoms with Gasteiger partial charge in [-0.15, -0.1) is 0 Å². The number of benzene rings is 1. The van der Waals surface area contributed by atoms with Crippen molar-refractivity contribution < 1.29 is 9.50 Å². The van der Waals surface area contributed by atoms with Gasteiger partial charge in [0.1, 0.15) is 5.82 Å². The van der Waals surface area contributed by atoms with Gasteiger partial charge in [-0.3, -0.25) is 0 Å². The molecule has 0 aliphatic carbocycles. The average molecular weight is 257 g/mol. The molecule has 0 aliphatic rings. The van der Waals surface area contributed by atoms with Gasteiger partial charge in [-0.25, -0.2) is 4.39 Å². The first kappa shape index (κ1) is 14.5. The van der Waals surface area contributed by atoms with Crippen molar-refractivity contribution in [1.82, 2.24) is 5.32 Å². The first-order chi connectivity index (χ1) is 8.08. The van der Waals surface area contributed by atoms with Gasteiger partial charge in [-0.1, -0.05) is 12.1 Å². The Hall–Kier alpha value is -0.580. The van der Waals surface area contributed by atoms with E-state index in [0.717, 1.165) is 5.56 Å². The van der Waals surface area contributed by atoms with Crippen molar-refractivity contribution >= 4 is 11.8 Å². The Labute approximate surface area is 107 Å². The summed E-state index contributed by atoms with van der Waals surface area (Å²) in [6, 6.07) is 6.84. The lowest BCUT2D eigenvalue weighted by Crippen LogP contribution is -2.38. The molecule has 0 saturated carbocycles. The highest BCUT2D eigenvalue weighted by Crippen LogP contribution is 2.17. The van der Waals surface area contributed by atoms with Gasteiger partial charge in [0.05, 0.1) is 6.61 Å². The molecule has 0 fully saturated rings. The largest absolute Gasteiger partial charge is 0.395 e. The van der Waals surface area contributed by atoms with Gasteiger partial charge in [-0.2, -0.15) is 11.8 Å². The van der Waals surface area contributed by atoms with Crippen LogP contribution in [0.5, 0.6) is 0 Å². The van der Waals surface area contributed by atoms with Crippen LogP contribution >= 0.6 is 11.8 Å². The van der Waals surface area contributed by atoms with Crippen LogP contribution < -0.4 is 5.32 Å². The molecule has 4 heteroatoms. The SMILES string of the molecule is CSC(CO)C(C)NC(C)c1cccc(F)c1. The van der Waals surface area contributed by atoms with Gasteiger partial charge in [0.2, 0.25) is 0 Å². The summed E-state index contributed by atoms with van der Waals surface area (Å²) in [5.74, 6) is -0.215. The topological polar surface area (TPSA) is 32.3 Å². The molecule has 1 aromatic rings. The summed E-state index contributed by atoms with van der Waals surface area (Å²) in [5.41, 5.74) is 0.926. The van der Waals surface area contributed by atoms with E-state index in [0.29, 0.717) is 0 Å². The lowest BCUT2D eigenvalue weighted by atomic mass is 10.1. The van der Waals surface area contributed by atoms with Gasteiger partial charge in [0.25, 0.3) is 0 Å². The van der Waals surface area contributed by atoms with Crippen molar-refractivity contribution in [1.29, 1.82) is 0 Å². The van der Waals surface area contributed by atoms with Crippen LogP contribution in [0.3, 0.4) is 0 Å². The van der Waals surface area contributed by atoms with Crippen LogP contribution in [-0.2, 0) is 0 Å². The second-order valence-electron chi connectivity index (χ2n) is 4.19. The fourth-order valence-electron chi connectivity index (χ4n) is 1.81. The minimum Gasteiger partial charge on any atom is -0.395 e. The van der Waals surface area contributed by atoms with Gasteiger partial charge >= 0.3 is 0 Å². The Kier molecular flexibility index (Phi) is 5.95. The molecule has 1 rings (SSSR count). The van der Waals surface area contributed by atoms with E-state index in [1.165, 1.54) is 12.1 Å². The van der Waals surface area contributed by atoms with Crippen LogP contribution in [-0.4, -0.2) is 29.3 Å². The minimum atomic E-state index is -0.215. The zero-order chi connectivity index (χ0) is 12.8. The predicted molar refractivity (Wildman–Crippen MR) is 71.8 cm³/mol. The summed E-state index contributed by atoms with van der Waals surface area (Å²) in [6.07, 6.45) is 1.98. The average Bonchev–Trinajstić information content (AvgIpc) is 2.30. The molecular formula is C13H20FNOS. The molecule has 1 aromatic carbocycles. The Morgan fingerprint density at radius 3 is 2.65 bits per heavy atom. The Balaban J connectivity index is 2.62. The Morgan fingerprint density at radius 1 is 1.41 bits per heavy atom. The molecule has 3 atom stereocenters. The molecule has 17 heavy (non-hydrogen) atoms. The summed E-state index contributed by atoms with van der Waals surface area (Å²) < 4.78 is 13.1. The highest BCUT2D eigenvalue weighted by atomic mass is 32.2. The van der Waals surface area contributed by atoms with E-state index in [-0.39, 0.29) is 29.8 Å². The lowest BCUT2D eigenvalue weighted by Gasteiger charge is -2.25. The predicted octanol–water partition coefficient (Wildman–Crippen LogP) is 2.59. The lowest BCUT2D eigenvalue weighted by molar-refractivity contribution is 0.271. The van der Waals surface area contributed by atoms with Gasteiger partial charge < -0.3 is 10.4 Å². The molecular weight excluding hydrogens is 237 g/mol. The summed E-state index contributed by atoms with van der Waals surface area (Å²) in [7, 11) is 0. The van der Waals surface area contributed by atoms with Crippen molar-refractivity contribution in [2.75, 3.05) is 12.9 Å². The van der Waals surface area contributed by atoms with E-state index in [1.54, 1.807) is 17.8 Å². The van der Waals surface area contributed by atoms with Gasteiger partial charge in [-0.05, 0) is 37.8 Å². The Bertz CT molecular complexity index is 344. The van der Waals surface area contributed by atoms with Crippen molar-refractivity contribution in [2.24, 2.45) is 0 Å². The van der Waals surface area contributed by atoms with E-state index >= 15 is 0 Å². The van der Waals surface area contributed by atoms with E-state index < -0.39 is 0 Å². The number of aliphatic hydroxyl groups is 1. The van der Waals surface area contributed by atoms with Crippen LogP contribution in [0, 0.1) is 5.82 Å². The quantitative estimate of drug-likeness (QED) is 0.821. The van der Waals surface area contributed by atoms with Crippen LogP contribution in [0.4, 0.5) is 4.39 Å². The minimum absolute atomic E-state index is 0.0712. The summed E-state index contributed by atoms with van der Waals surface area (Å²) in [4.78, 5) is 0. The van der Waals surface area contributed by atoms with Crippen LogP contribution in [0.15, 0.2) is 24.3 Å². The standard InChI is InChI=1S/C13H20FNOS/c1-9(11-5-4-6-12(14)7-11)15-10(2)13(8-16)17-3/h4-7,9-10,13,15-16H,8H2,1-3H3. The zero-order valence-corrected chi connectivity index (χ0v) is 11.3. The number of rotatable bonds is 6. The van der Waals surface area contributed by atoms with Crippen molar-refractivity contribution in [3.05, 3.63) is 35.6 Å². The third-order valence-electron chi connectivity index (χ3n) is 2.90. The molecule has 0 amide bonds. The van der Waals surface area contributed by atoms with Gasteiger partial charge in [0, 0.05) is 17.3 Å². The monoisotopic (exact) mass is 257 g/mol. The second kappa shape index (κ2) is 6.99. The number of aliphatic hydroxyl groups excluding tert-OH is 1. The van der Waals surface area contributed by atoms with Gasteiger partial charge in [0.15, 0.2) is 0 Å². The van der Waals surface area contributed by atoms with Crippen LogP contribution in [0.25, 0.3) is 0 Å². The summed E-state index contributed by atoms with van der Waals surface area (Å²) in [5, 5.41) is 12.7. The maximum atomic E-state index is 13.1. The third kappa shape index (κ3) is 4.30. The van der Waals surface area contributed by atoms with Crippen LogP contribution in [0.2, 0.25) is 0 Å². The van der Waals surface area contributed by atoms with E-state index in [1.807, 2.05) is 26.2 Å². The maximum Gasteiger partial charge on any atom is 0.123 e. The number of hydrogen-bond donors (Lipinski definition) is 2. The maximum absolute atomic E-state index is 13.1. The fourth-order valence-corrected chi connectivity index (χ4v) is 2.45. The molecule has 96 valence electrons. The number of hydrogen-bond acceptors (Lipinski definition) is 3. The number of halogens is 1. The third-order valence-corrected chi connectivity index (χ3v) is 4.06. The summed E-state index contributed by atoms with van der Waals surface area (Å²) in [6.45, 7) is 4.18. The second-order valence-corrected chi connectivity index (χ2v) is 5.27. The number of nitrogens with one attached hydrogen (secondary N) is 1. The van der Waals surface area contributed by atoms with E-state index in [2.05, 4.69) is 5.32 Å². The van der Waals surface area contributed by atoms with Crippen molar-refractivity contribution in [2.45, 2.75) is 31.2 Å². The Morgan fingerprint density at radius 2 is 2.12 bits per heavy atom. The smallest absolute Gasteiger partial charge is 0.123 e. The van der Waals surface area contributed by atoms with E-state index in [4.69, 9.17) is 0 Å². The highest BCUT2D eigenvalue weighted by Gasteiger charge is 2.17. The molecule has 0 bridgehead atoms. The first-order valence-corrected chi connectivity index (χ1v) is 7.02. The molecule has 0 radical (unpaired) electrons. The molecule has 2 nitrogen and oxygen atoms in total. The van der Waals surface area contributed by atoms with E-state index in [9.17, 15) is 9.50 Å². The molecule has 0 aliphatic heterocycles. The number of thioether (sulfide) groups is 1. The fraction of sp³-hybridized carbons (Fsp3) is 0.538. The molecule has 0 saturated heterocycles. The molecule has 0 aromatic heterocycles. The molecule has 2 N–H and O–H groups in total. The van der Waals surface area contributed by atoms with Crippen LogP contribution in [0.1, 0.15) is 25.5 Å². The normalized spacial score (nSPS) is 16.5. The molecule has 0 heterocycles. The van der Waals surface area contributed by atoms with Crippen molar-refractivity contribution in [3.63, 3.8) is 0 Å². The summed E-state index contributed by atoms with van der Waals surface area (Å²) >= 11 is 1.63. The highest BCUT2D eigenvalue weighted by molar-refractivity contribution is 7.99. The zero-order valence-electron chi connectivity index (χ0n) is 10.5. The first-order valence-electron chi connectivity index (χ1n) is 5.73. The molecule has 0 spiro atoms. The van der Waals surface area contributed by atoms with Crippen molar-refractivity contribution in [3.8, 4) is 0 Å². The molecule has 3 unspecified atom stereocenters.